The summed E-state index contributed by atoms with van der Waals surface area (Å²) in [5.41, 5.74) is 1.85. The van der Waals surface area contributed by atoms with Crippen molar-refractivity contribution in [3.63, 3.8) is 0 Å². The molecule has 0 aliphatic carbocycles. The SMILES string of the molecule is C[C@H]1CN(C(=O)C(=O)Nc2ccn(-c3ccccc3)n2)C[C@H](c2ccccc2)O1. The van der Waals surface area contributed by atoms with E-state index in [0.29, 0.717) is 18.9 Å². The number of rotatable bonds is 3. The number of aromatic nitrogens is 2. The molecule has 2 amide bonds. The van der Waals surface area contributed by atoms with Gasteiger partial charge in [0.05, 0.1) is 18.3 Å². The van der Waals surface area contributed by atoms with E-state index in [9.17, 15) is 9.59 Å². The van der Waals surface area contributed by atoms with Gasteiger partial charge in [-0.3, -0.25) is 9.59 Å². The molecule has 1 aliphatic rings. The average Bonchev–Trinajstić information content (AvgIpc) is 3.22. The fraction of sp³-hybridized carbons (Fsp3) is 0.227. The van der Waals surface area contributed by atoms with Crippen LogP contribution in [0.1, 0.15) is 18.6 Å². The van der Waals surface area contributed by atoms with Gasteiger partial charge in [-0.05, 0) is 24.6 Å². The minimum absolute atomic E-state index is 0.164. The molecule has 4 rings (SSSR count). The highest BCUT2D eigenvalue weighted by molar-refractivity contribution is 6.39. The molecule has 0 saturated carbocycles. The first-order valence-corrected chi connectivity index (χ1v) is 9.52. The Labute approximate surface area is 168 Å². The van der Waals surface area contributed by atoms with E-state index in [4.69, 9.17) is 4.74 Å². The van der Waals surface area contributed by atoms with Gasteiger partial charge in [0.25, 0.3) is 0 Å². The van der Waals surface area contributed by atoms with Crippen molar-refractivity contribution in [3.05, 3.63) is 78.5 Å². The Balaban J connectivity index is 1.42. The zero-order chi connectivity index (χ0) is 20.2. The number of hydrogen-bond acceptors (Lipinski definition) is 4. The lowest BCUT2D eigenvalue weighted by molar-refractivity contribution is -0.152. The van der Waals surface area contributed by atoms with E-state index in [1.54, 1.807) is 16.9 Å². The van der Waals surface area contributed by atoms with Crippen LogP contribution in [0.2, 0.25) is 0 Å². The van der Waals surface area contributed by atoms with E-state index in [-0.39, 0.29) is 12.2 Å². The van der Waals surface area contributed by atoms with Crippen molar-refractivity contribution >= 4 is 17.6 Å². The van der Waals surface area contributed by atoms with Gasteiger partial charge in [-0.15, -0.1) is 0 Å². The van der Waals surface area contributed by atoms with Crippen LogP contribution in [0.5, 0.6) is 0 Å². The predicted molar refractivity (Wildman–Crippen MR) is 109 cm³/mol. The maximum atomic E-state index is 12.7. The highest BCUT2D eigenvalue weighted by Gasteiger charge is 2.32. The summed E-state index contributed by atoms with van der Waals surface area (Å²) >= 11 is 0. The van der Waals surface area contributed by atoms with Crippen LogP contribution in [0, 0.1) is 0 Å². The van der Waals surface area contributed by atoms with Crippen LogP contribution in [0.4, 0.5) is 5.82 Å². The Morgan fingerprint density at radius 2 is 1.69 bits per heavy atom. The number of hydrogen-bond donors (Lipinski definition) is 1. The quantitative estimate of drug-likeness (QED) is 0.698. The molecule has 1 N–H and O–H groups in total. The Morgan fingerprint density at radius 3 is 2.41 bits per heavy atom. The monoisotopic (exact) mass is 390 g/mol. The van der Waals surface area contributed by atoms with Crippen LogP contribution < -0.4 is 5.32 Å². The van der Waals surface area contributed by atoms with Crippen molar-refractivity contribution in [3.8, 4) is 5.69 Å². The normalized spacial score (nSPS) is 19.0. The summed E-state index contributed by atoms with van der Waals surface area (Å²) in [6, 6.07) is 20.9. The third-order valence-corrected chi connectivity index (χ3v) is 4.76. The smallest absolute Gasteiger partial charge is 0.315 e. The fourth-order valence-corrected chi connectivity index (χ4v) is 3.40. The number of carbonyl (C=O) groups is 2. The summed E-state index contributed by atoms with van der Waals surface area (Å²) in [7, 11) is 0. The molecule has 7 nitrogen and oxygen atoms in total. The molecule has 1 aromatic heterocycles. The Hall–Kier alpha value is -3.45. The summed E-state index contributed by atoms with van der Waals surface area (Å²) in [5.74, 6) is -0.965. The summed E-state index contributed by atoms with van der Waals surface area (Å²) in [6.07, 6.45) is 1.31. The number of nitrogens with one attached hydrogen (secondary N) is 1. The fourth-order valence-electron chi connectivity index (χ4n) is 3.40. The van der Waals surface area contributed by atoms with E-state index in [2.05, 4.69) is 10.4 Å². The van der Waals surface area contributed by atoms with Gasteiger partial charge in [-0.25, -0.2) is 4.68 Å². The second-order valence-corrected chi connectivity index (χ2v) is 6.99. The van der Waals surface area contributed by atoms with Crippen LogP contribution in [-0.2, 0) is 14.3 Å². The van der Waals surface area contributed by atoms with E-state index in [1.165, 1.54) is 4.90 Å². The van der Waals surface area contributed by atoms with Crippen LogP contribution in [0.3, 0.4) is 0 Å². The summed E-state index contributed by atoms with van der Waals surface area (Å²) in [6.45, 7) is 2.60. The van der Waals surface area contributed by atoms with Crippen molar-refractivity contribution in [2.24, 2.45) is 0 Å². The van der Waals surface area contributed by atoms with Gasteiger partial charge in [0.15, 0.2) is 5.82 Å². The third-order valence-electron chi connectivity index (χ3n) is 4.76. The van der Waals surface area contributed by atoms with Crippen molar-refractivity contribution in [2.75, 3.05) is 18.4 Å². The first-order chi connectivity index (χ1) is 14.1. The Kier molecular flexibility index (Phi) is 5.39. The van der Waals surface area contributed by atoms with Crippen molar-refractivity contribution in [1.82, 2.24) is 14.7 Å². The van der Waals surface area contributed by atoms with Gasteiger partial charge < -0.3 is 15.0 Å². The first-order valence-electron chi connectivity index (χ1n) is 9.52. The molecule has 0 radical (unpaired) electrons. The number of ether oxygens (including phenoxy) is 1. The number of anilines is 1. The number of para-hydroxylation sites is 1. The zero-order valence-electron chi connectivity index (χ0n) is 16.1. The maximum Gasteiger partial charge on any atom is 0.315 e. The lowest BCUT2D eigenvalue weighted by Crippen LogP contribution is -2.49. The van der Waals surface area contributed by atoms with Gasteiger partial charge in [-0.2, -0.15) is 5.10 Å². The topological polar surface area (TPSA) is 76.5 Å². The number of nitrogens with zero attached hydrogens (tertiary/aromatic N) is 3. The van der Waals surface area contributed by atoms with Crippen molar-refractivity contribution in [2.45, 2.75) is 19.1 Å². The second-order valence-electron chi connectivity index (χ2n) is 6.99. The van der Waals surface area contributed by atoms with Gasteiger partial charge in [0.1, 0.15) is 6.10 Å². The lowest BCUT2D eigenvalue weighted by Gasteiger charge is -2.36. The molecule has 2 atom stereocenters. The van der Waals surface area contributed by atoms with Gasteiger partial charge in [-0.1, -0.05) is 48.5 Å². The van der Waals surface area contributed by atoms with Crippen molar-refractivity contribution in [1.29, 1.82) is 0 Å². The largest absolute Gasteiger partial charge is 0.367 e. The molecule has 29 heavy (non-hydrogen) atoms. The molecule has 3 aromatic rings. The van der Waals surface area contributed by atoms with Crippen molar-refractivity contribution < 1.29 is 14.3 Å². The molecule has 0 bridgehead atoms. The summed E-state index contributed by atoms with van der Waals surface area (Å²) in [4.78, 5) is 26.8. The Bertz CT molecular complexity index is 988. The average molecular weight is 390 g/mol. The number of benzene rings is 2. The summed E-state index contributed by atoms with van der Waals surface area (Å²) < 4.78 is 7.60. The molecule has 2 heterocycles. The predicted octanol–water partition coefficient (Wildman–Crippen LogP) is 2.80. The molecule has 2 aromatic carbocycles. The molecule has 1 saturated heterocycles. The highest BCUT2D eigenvalue weighted by Crippen LogP contribution is 2.25. The second kappa shape index (κ2) is 8.28. The van der Waals surface area contributed by atoms with E-state index in [1.807, 2.05) is 67.6 Å². The minimum Gasteiger partial charge on any atom is -0.367 e. The maximum absolute atomic E-state index is 12.7. The molecule has 0 unspecified atom stereocenters. The van der Waals surface area contributed by atoms with E-state index < -0.39 is 11.8 Å². The first kappa shape index (κ1) is 18.9. The number of carbonyl (C=O) groups excluding carboxylic acids is 2. The molecule has 7 heteroatoms. The van der Waals surface area contributed by atoms with Crippen LogP contribution in [-0.4, -0.2) is 45.7 Å². The van der Waals surface area contributed by atoms with E-state index >= 15 is 0 Å². The highest BCUT2D eigenvalue weighted by atomic mass is 16.5. The molecule has 148 valence electrons. The Morgan fingerprint density at radius 1 is 1.00 bits per heavy atom. The minimum atomic E-state index is -0.704. The molecule has 1 fully saturated rings. The standard InChI is InChI=1S/C22H22N4O3/c1-16-14-25(15-19(29-16)17-8-4-2-5-9-17)22(28)21(27)23-20-12-13-26(24-20)18-10-6-3-7-11-18/h2-13,16,19H,14-15H2,1H3,(H,23,24,27)/t16-,19+/m0/s1. The lowest BCUT2D eigenvalue weighted by atomic mass is 10.1. The van der Waals surface area contributed by atoms with Gasteiger partial charge in [0.2, 0.25) is 0 Å². The molecular formula is C22H22N4O3. The van der Waals surface area contributed by atoms with Crippen LogP contribution >= 0.6 is 0 Å². The molecule has 0 spiro atoms. The van der Waals surface area contributed by atoms with Gasteiger partial charge in [0, 0.05) is 18.8 Å². The molecule has 1 aliphatic heterocycles. The van der Waals surface area contributed by atoms with E-state index in [0.717, 1.165) is 11.3 Å². The van der Waals surface area contributed by atoms with Gasteiger partial charge >= 0.3 is 11.8 Å². The zero-order valence-corrected chi connectivity index (χ0v) is 16.1. The number of amides is 2. The molecular weight excluding hydrogens is 368 g/mol. The summed E-state index contributed by atoms with van der Waals surface area (Å²) in [5, 5.41) is 6.91. The van der Waals surface area contributed by atoms with Crippen LogP contribution in [0.15, 0.2) is 72.9 Å². The number of morpholine rings is 1. The third kappa shape index (κ3) is 4.35. The van der Waals surface area contributed by atoms with Crippen LogP contribution in [0.25, 0.3) is 5.69 Å².